The number of carbonyl (C=O) groups is 1. The van der Waals surface area contributed by atoms with Crippen molar-refractivity contribution < 1.29 is 9.18 Å². The van der Waals surface area contributed by atoms with Gasteiger partial charge in [0.05, 0.1) is 17.3 Å². The van der Waals surface area contributed by atoms with Crippen LogP contribution in [0.15, 0.2) is 40.4 Å². The molecule has 3 rings (SSSR count). The number of nitrogens with zero attached hydrogens (tertiary/aromatic N) is 3. The number of H-pyrrole nitrogens is 1. The maximum absolute atomic E-state index is 13.8. The Morgan fingerprint density at radius 1 is 1.39 bits per heavy atom. The topological polar surface area (TPSA) is 83.6 Å². The van der Waals surface area contributed by atoms with Crippen molar-refractivity contribution in [2.24, 2.45) is 0 Å². The predicted molar refractivity (Wildman–Crippen MR) is 89.7 cm³/mol. The minimum absolute atomic E-state index is 0.139. The van der Waals surface area contributed by atoms with E-state index in [0.717, 1.165) is 0 Å². The van der Waals surface area contributed by atoms with Gasteiger partial charge in [-0.05, 0) is 25.1 Å². The lowest BCUT2D eigenvalue weighted by molar-refractivity contribution is -0.115. The minimum Gasteiger partial charge on any atom is -0.341 e. The molecule has 0 bridgehead atoms. The zero-order valence-electron chi connectivity index (χ0n) is 11.9. The van der Waals surface area contributed by atoms with Gasteiger partial charge in [-0.2, -0.15) is 0 Å². The molecule has 3 aromatic rings. The average Bonchev–Trinajstić information content (AvgIpc) is 2.99. The number of anilines is 1. The van der Waals surface area contributed by atoms with Crippen LogP contribution in [0, 0.1) is 5.82 Å². The summed E-state index contributed by atoms with van der Waals surface area (Å²) in [5.74, 6) is -0.814. The van der Waals surface area contributed by atoms with E-state index >= 15 is 0 Å². The van der Waals surface area contributed by atoms with Crippen LogP contribution >= 0.6 is 27.7 Å². The summed E-state index contributed by atoms with van der Waals surface area (Å²) in [6.07, 6.45) is 2.91. The van der Waals surface area contributed by atoms with E-state index in [0.29, 0.717) is 20.7 Å². The fourth-order valence-corrected chi connectivity index (χ4v) is 3.09. The number of aromatic amines is 1. The number of hydrogen-bond donors (Lipinski definition) is 2. The molecule has 23 heavy (non-hydrogen) atoms. The van der Waals surface area contributed by atoms with Gasteiger partial charge in [0, 0.05) is 4.47 Å². The number of rotatable bonds is 4. The van der Waals surface area contributed by atoms with Gasteiger partial charge in [0.2, 0.25) is 5.91 Å². The zero-order chi connectivity index (χ0) is 16.4. The van der Waals surface area contributed by atoms with Crippen LogP contribution in [0.4, 0.5) is 10.1 Å². The summed E-state index contributed by atoms with van der Waals surface area (Å²) >= 11 is 4.42. The van der Waals surface area contributed by atoms with E-state index in [9.17, 15) is 9.18 Å². The summed E-state index contributed by atoms with van der Waals surface area (Å²) in [5, 5.41) is 2.72. The number of benzene rings is 1. The number of fused-ring (bicyclic) bond motifs is 1. The SMILES string of the molecule is CC(Sc1ncnc2nc[nH]c12)C(=O)Nc1ccc(Br)cc1F. The highest BCUT2D eigenvalue weighted by molar-refractivity contribution is 9.10. The molecule has 0 radical (unpaired) electrons. The van der Waals surface area contributed by atoms with Gasteiger partial charge in [-0.1, -0.05) is 27.7 Å². The number of aromatic nitrogens is 4. The van der Waals surface area contributed by atoms with Crippen LogP contribution < -0.4 is 5.32 Å². The predicted octanol–water partition coefficient (Wildman–Crippen LogP) is 3.37. The minimum atomic E-state index is -0.497. The van der Waals surface area contributed by atoms with Crippen molar-refractivity contribution >= 4 is 50.5 Å². The first-order valence-corrected chi connectivity index (χ1v) is 8.28. The summed E-state index contributed by atoms with van der Waals surface area (Å²) in [6.45, 7) is 1.72. The molecule has 2 N–H and O–H groups in total. The lowest BCUT2D eigenvalue weighted by atomic mass is 10.3. The third-order valence-corrected chi connectivity index (χ3v) is 4.63. The molecule has 2 aromatic heterocycles. The van der Waals surface area contributed by atoms with Crippen molar-refractivity contribution in [3.8, 4) is 0 Å². The summed E-state index contributed by atoms with van der Waals surface area (Å²) in [6, 6.07) is 4.47. The molecule has 1 unspecified atom stereocenters. The Bertz CT molecular complexity index is 871. The van der Waals surface area contributed by atoms with Crippen LogP contribution in [0.1, 0.15) is 6.92 Å². The van der Waals surface area contributed by atoms with Crippen LogP contribution in [-0.4, -0.2) is 31.1 Å². The standard InChI is InChI=1S/C14H11BrFN5OS/c1-7(13(22)21-10-3-2-8(15)4-9(10)16)23-14-11-12(18-5-17-11)19-6-20-14/h2-7H,1H3,(H,21,22)(H,17,18,19,20). The van der Waals surface area contributed by atoms with E-state index in [-0.39, 0.29) is 11.6 Å². The van der Waals surface area contributed by atoms with Crippen molar-refractivity contribution in [1.82, 2.24) is 19.9 Å². The number of hydrogen-bond acceptors (Lipinski definition) is 5. The number of nitrogens with one attached hydrogen (secondary N) is 2. The van der Waals surface area contributed by atoms with Crippen LogP contribution in [0.3, 0.4) is 0 Å². The molecule has 0 saturated carbocycles. The number of imidazole rings is 1. The number of thioether (sulfide) groups is 1. The molecule has 0 aliphatic carbocycles. The van der Waals surface area contributed by atoms with E-state index in [4.69, 9.17) is 0 Å². The zero-order valence-corrected chi connectivity index (χ0v) is 14.3. The first-order valence-electron chi connectivity index (χ1n) is 6.61. The third kappa shape index (κ3) is 3.50. The monoisotopic (exact) mass is 395 g/mol. The van der Waals surface area contributed by atoms with Crippen LogP contribution in [0.2, 0.25) is 0 Å². The Morgan fingerprint density at radius 2 is 2.22 bits per heavy atom. The Labute approximate surface area is 143 Å². The van der Waals surface area contributed by atoms with E-state index in [1.54, 1.807) is 13.0 Å². The van der Waals surface area contributed by atoms with Gasteiger partial charge in [-0.3, -0.25) is 4.79 Å². The number of amides is 1. The molecule has 0 fully saturated rings. The van der Waals surface area contributed by atoms with Gasteiger partial charge >= 0.3 is 0 Å². The Morgan fingerprint density at radius 3 is 3.00 bits per heavy atom. The normalized spacial score (nSPS) is 12.3. The maximum atomic E-state index is 13.8. The third-order valence-electron chi connectivity index (χ3n) is 3.03. The molecule has 118 valence electrons. The van der Waals surface area contributed by atoms with Gasteiger partial charge in [0.25, 0.3) is 0 Å². The average molecular weight is 396 g/mol. The molecule has 9 heteroatoms. The molecular weight excluding hydrogens is 385 g/mol. The van der Waals surface area contributed by atoms with E-state index in [1.165, 1.54) is 36.5 Å². The maximum Gasteiger partial charge on any atom is 0.237 e. The molecule has 0 spiro atoms. The van der Waals surface area contributed by atoms with E-state index in [2.05, 4.69) is 41.2 Å². The first-order chi connectivity index (χ1) is 11.0. The molecular formula is C14H11BrFN5OS. The van der Waals surface area contributed by atoms with E-state index in [1.807, 2.05) is 0 Å². The van der Waals surface area contributed by atoms with Crippen molar-refractivity contribution in [2.75, 3.05) is 5.32 Å². The smallest absolute Gasteiger partial charge is 0.237 e. The summed E-state index contributed by atoms with van der Waals surface area (Å²) in [7, 11) is 0. The highest BCUT2D eigenvalue weighted by atomic mass is 79.9. The van der Waals surface area contributed by atoms with Gasteiger partial charge in [0.1, 0.15) is 22.7 Å². The molecule has 0 aliphatic heterocycles. The lowest BCUT2D eigenvalue weighted by Crippen LogP contribution is -2.23. The van der Waals surface area contributed by atoms with Gasteiger partial charge in [-0.25, -0.2) is 19.3 Å². The van der Waals surface area contributed by atoms with Crippen molar-refractivity contribution in [3.05, 3.63) is 41.1 Å². The number of halogens is 2. The quantitative estimate of drug-likeness (QED) is 0.522. The molecule has 2 heterocycles. The summed E-state index contributed by atoms with van der Waals surface area (Å²) < 4.78 is 14.4. The van der Waals surface area contributed by atoms with Crippen LogP contribution in [0.25, 0.3) is 11.2 Å². The second kappa shape index (κ2) is 6.63. The second-order valence-corrected chi connectivity index (χ2v) is 6.90. The molecule has 1 atom stereocenters. The lowest BCUT2D eigenvalue weighted by Gasteiger charge is -2.12. The summed E-state index contributed by atoms with van der Waals surface area (Å²) in [5.41, 5.74) is 1.35. The highest BCUT2D eigenvalue weighted by Crippen LogP contribution is 2.27. The van der Waals surface area contributed by atoms with Gasteiger partial charge in [-0.15, -0.1) is 0 Å². The Hall–Kier alpha value is -2.00. The fourth-order valence-electron chi connectivity index (χ4n) is 1.88. The molecule has 6 nitrogen and oxygen atoms in total. The van der Waals surface area contributed by atoms with Gasteiger partial charge in [0.15, 0.2) is 5.65 Å². The van der Waals surface area contributed by atoms with Gasteiger partial charge < -0.3 is 10.3 Å². The van der Waals surface area contributed by atoms with Crippen LogP contribution in [-0.2, 0) is 4.79 Å². The molecule has 0 aliphatic rings. The summed E-state index contributed by atoms with van der Waals surface area (Å²) in [4.78, 5) is 27.4. The second-order valence-electron chi connectivity index (χ2n) is 4.65. The molecule has 0 saturated heterocycles. The Balaban J connectivity index is 1.74. The Kier molecular flexibility index (Phi) is 4.58. The first kappa shape index (κ1) is 15.9. The largest absolute Gasteiger partial charge is 0.341 e. The van der Waals surface area contributed by atoms with Crippen LogP contribution in [0.5, 0.6) is 0 Å². The van der Waals surface area contributed by atoms with E-state index < -0.39 is 11.1 Å². The fraction of sp³-hybridized carbons (Fsp3) is 0.143. The highest BCUT2D eigenvalue weighted by Gasteiger charge is 2.19. The number of carbonyl (C=O) groups excluding carboxylic acids is 1. The molecule has 1 aromatic carbocycles. The van der Waals surface area contributed by atoms with Crippen molar-refractivity contribution in [3.63, 3.8) is 0 Å². The van der Waals surface area contributed by atoms with Crippen molar-refractivity contribution in [1.29, 1.82) is 0 Å². The molecule has 1 amide bonds. The van der Waals surface area contributed by atoms with Crippen molar-refractivity contribution in [2.45, 2.75) is 17.2 Å².